The van der Waals surface area contributed by atoms with Crippen molar-refractivity contribution in [1.29, 1.82) is 0 Å². The lowest BCUT2D eigenvalue weighted by Gasteiger charge is -2.43. The van der Waals surface area contributed by atoms with E-state index < -0.39 is 174 Å². The Hall–Kier alpha value is -0.0500. The van der Waals surface area contributed by atoms with Crippen LogP contribution in [0, 0.1) is 0 Å². The highest BCUT2D eigenvalue weighted by molar-refractivity contribution is 7.81. The van der Waals surface area contributed by atoms with E-state index in [0.717, 1.165) is 0 Å². The summed E-state index contributed by atoms with van der Waals surface area (Å²) in [6.07, 6.45) is -24.3. The lowest BCUT2D eigenvalue weighted by atomic mass is 9.99. The van der Waals surface area contributed by atoms with Crippen molar-refractivity contribution in [2.24, 2.45) is 0 Å². The van der Waals surface area contributed by atoms with Gasteiger partial charge in [-0.05, 0) is 0 Å². The van der Waals surface area contributed by atoms with E-state index in [9.17, 15) is 82.4 Å². The fourth-order valence-electron chi connectivity index (χ4n) is 3.73. The largest absolute Gasteiger partial charge is 0.397 e. The molecule has 1 saturated heterocycles. The van der Waals surface area contributed by atoms with Gasteiger partial charge >= 0.3 is 99.4 Å². The minimum Gasteiger partial charge on any atom is -0.347 e. The summed E-state index contributed by atoms with van der Waals surface area (Å²) in [5.74, 6) is 0. The number of ether oxygens (including phenoxy) is 2. The molecule has 1 aliphatic heterocycles. The summed E-state index contributed by atoms with van der Waals surface area (Å²) in [5, 5.41) is 0. The van der Waals surface area contributed by atoms with Gasteiger partial charge < -0.3 is 9.47 Å². The van der Waals surface area contributed by atoms with Gasteiger partial charge in [-0.1, -0.05) is 0 Å². The van der Waals surface area contributed by atoms with Crippen molar-refractivity contribution in [3.63, 3.8) is 0 Å². The lowest BCUT2D eigenvalue weighted by Crippen LogP contribution is -2.63. The second-order valence-corrected chi connectivity index (χ2v) is 15.6. The predicted molar refractivity (Wildman–Crippen MR) is 160 cm³/mol. The van der Waals surface area contributed by atoms with Crippen LogP contribution in [0.3, 0.4) is 0 Å². The van der Waals surface area contributed by atoms with Crippen molar-refractivity contribution < 1.29 is 139 Å². The highest BCUT2D eigenvalue weighted by Gasteiger charge is 2.54. The van der Waals surface area contributed by atoms with Gasteiger partial charge in [0.05, 0.1) is 19.8 Å². The van der Waals surface area contributed by atoms with Crippen LogP contribution in [0.5, 0.6) is 0 Å². The number of rotatable bonds is 26. The molecule has 0 amide bonds. The first-order valence-electron chi connectivity index (χ1n) is 11.9. The van der Waals surface area contributed by atoms with Gasteiger partial charge in [0.1, 0.15) is 42.7 Å². The SMILES string of the molecule is O=S(O)OC[C@H]1O[C@@H](OC[C@@H](OS(=O)O)[C@@H](OS(=O)(=O)O)[C@H](OS(=O)O)[C@H](COS(=O)(=O)O)OS(=O)O)[C@H](OS(=O)(=O)O)[C@@H](OS(=O)O)[C@@H]1OS(=O)O. The lowest BCUT2D eigenvalue weighted by molar-refractivity contribution is -0.290. The van der Waals surface area contributed by atoms with Gasteiger partial charge in [0, 0.05) is 0 Å². The molecular weight excluding hydrogens is 945 g/mol. The van der Waals surface area contributed by atoms with Crippen LogP contribution in [0.25, 0.3) is 0 Å². The van der Waals surface area contributed by atoms with Crippen molar-refractivity contribution in [1.82, 2.24) is 0 Å². The number of hydrogen-bond acceptors (Lipinski definition) is 23. The Labute approximate surface area is 311 Å². The van der Waals surface area contributed by atoms with Gasteiger partial charge in [-0.15, -0.1) is 0 Å². The minimum absolute atomic E-state index is 1.28. The van der Waals surface area contributed by atoms with Crippen LogP contribution in [0.2, 0.25) is 0 Å². The summed E-state index contributed by atoms with van der Waals surface area (Å²) < 4.78 is 271. The second-order valence-electron chi connectivity index (χ2n) is 8.60. The van der Waals surface area contributed by atoms with Crippen LogP contribution < -0.4 is 0 Å². The molecule has 0 saturated carbocycles. The van der Waals surface area contributed by atoms with Crippen molar-refractivity contribution in [2.75, 3.05) is 19.8 Å². The zero-order valence-electron chi connectivity index (χ0n) is 24.4. The molecule has 0 aromatic rings. The first-order chi connectivity index (χ1) is 24.1. The molecule has 0 spiro atoms. The predicted octanol–water partition coefficient (Wildman–Crippen LogP) is -5.31. The molecule has 53 heavy (non-hydrogen) atoms. The van der Waals surface area contributed by atoms with Crippen LogP contribution in [-0.2, 0) is 146 Å². The molecule has 0 bridgehead atoms. The molecule has 6 unspecified atom stereocenters. The standard InChI is InChI=1S/C12H24O32S9/c13-45(14)35-2-4-7(40-48(19)20)10(42-50(23)24)11(44-53(31,32)33)12(37-4)34-1-5(38-46(15)16)9(43-52(28,29)30)8(41-49(21)22)6(39-47(17)18)3-36-51(25,26)27/h4-12H,1-3H2,(H,13,14)(H,15,16)(H,17,18)(H,19,20)(H,21,22)(H,23,24)(H,25,26,27)(H,28,29,30)(H,31,32,33)/t4-,5-,6+,7-,8-,9-,10+,11-,12-/m1/s1. The van der Waals surface area contributed by atoms with Gasteiger partial charge in [0.15, 0.2) is 12.4 Å². The highest BCUT2D eigenvalue weighted by Crippen LogP contribution is 2.32. The summed E-state index contributed by atoms with van der Waals surface area (Å²) in [6, 6.07) is 0. The Bertz CT molecular complexity index is 1660. The number of hydrogen-bond donors (Lipinski definition) is 9. The van der Waals surface area contributed by atoms with Gasteiger partial charge in [-0.25, -0.2) is 12.5 Å². The molecule has 1 heterocycles. The highest BCUT2D eigenvalue weighted by atomic mass is 32.3. The van der Waals surface area contributed by atoms with Crippen molar-refractivity contribution in [2.45, 2.75) is 55.1 Å². The van der Waals surface area contributed by atoms with Crippen LogP contribution in [0.15, 0.2) is 0 Å². The Morgan fingerprint density at radius 2 is 1.06 bits per heavy atom. The fraction of sp³-hybridized carbons (Fsp3) is 1.00. The van der Waals surface area contributed by atoms with E-state index in [0.29, 0.717) is 0 Å². The second kappa shape index (κ2) is 22.8. The van der Waals surface area contributed by atoms with Crippen molar-refractivity contribution in [3.05, 3.63) is 0 Å². The van der Waals surface area contributed by atoms with E-state index in [1.807, 2.05) is 0 Å². The summed E-state index contributed by atoms with van der Waals surface area (Å²) in [7, 11) is -17.4. The van der Waals surface area contributed by atoms with Gasteiger partial charge in [0.25, 0.3) is 0 Å². The molecule has 32 nitrogen and oxygen atoms in total. The topological polar surface area (TPSA) is 488 Å². The Balaban J connectivity index is 3.93. The fourth-order valence-corrected chi connectivity index (χ4v) is 7.29. The zero-order valence-corrected chi connectivity index (χ0v) is 31.8. The minimum atomic E-state index is -6.00. The first-order valence-corrected chi connectivity index (χ1v) is 22.2. The molecule has 9 N–H and O–H groups in total. The van der Waals surface area contributed by atoms with Crippen molar-refractivity contribution >= 4 is 99.4 Å². The molecule has 1 fully saturated rings. The maximum Gasteiger partial charge on any atom is 0.397 e. The monoisotopic (exact) mass is 968 g/mol. The van der Waals surface area contributed by atoms with Crippen LogP contribution >= 0.6 is 0 Å². The molecule has 0 aromatic carbocycles. The molecule has 15 atom stereocenters. The van der Waals surface area contributed by atoms with Crippen molar-refractivity contribution in [3.8, 4) is 0 Å². The summed E-state index contributed by atoms with van der Waals surface area (Å²) in [4.78, 5) is 0. The molecule has 0 aromatic heterocycles. The van der Waals surface area contributed by atoms with E-state index in [-0.39, 0.29) is 0 Å². The third kappa shape index (κ3) is 21.3. The maximum absolute atomic E-state index is 11.8. The molecule has 318 valence electrons. The van der Waals surface area contributed by atoms with Gasteiger partial charge in [0.2, 0.25) is 0 Å². The molecule has 1 rings (SSSR count). The quantitative estimate of drug-likeness (QED) is 0.0289. The zero-order chi connectivity index (χ0) is 41.1. The van der Waals surface area contributed by atoms with Crippen LogP contribution in [0.1, 0.15) is 0 Å². The van der Waals surface area contributed by atoms with E-state index in [1.54, 1.807) is 0 Å². The Morgan fingerprint density at radius 3 is 1.47 bits per heavy atom. The van der Waals surface area contributed by atoms with E-state index >= 15 is 0 Å². The first kappa shape index (κ1) is 51.0. The molecule has 1 aliphatic rings. The summed E-state index contributed by atoms with van der Waals surface area (Å²) in [5.41, 5.74) is 0. The third-order valence-electron chi connectivity index (χ3n) is 5.24. The van der Waals surface area contributed by atoms with Gasteiger partial charge in [-0.2, -0.15) is 50.5 Å². The smallest absolute Gasteiger partial charge is 0.347 e. The Kier molecular flexibility index (Phi) is 21.9. The van der Waals surface area contributed by atoms with E-state index in [1.165, 1.54) is 0 Å². The average molecular weight is 969 g/mol. The van der Waals surface area contributed by atoms with Crippen LogP contribution in [0.4, 0.5) is 0 Å². The molecule has 41 heteroatoms. The van der Waals surface area contributed by atoms with E-state index in [4.69, 9.17) is 18.6 Å². The molecule has 0 radical (unpaired) electrons. The van der Waals surface area contributed by atoms with E-state index in [2.05, 4.69) is 37.6 Å². The third-order valence-corrected chi connectivity index (χ3v) is 8.93. The van der Waals surface area contributed by atoms with Crippen LogP contribution in [-0.4, -0.2) is 166 Å². The molecule has 0 aliphatic carbocycles. The Morgan fingerprint density at radius 1 is 0.566 bits per heavy atom. The summed E-state index contributed by atoms with van der Waals surface area (Å²) in [6.45, 7) is -4.82. The average Bonchev–Trinajstić information content (AvgIpc) is 2.94. The maximum atomic E-state index is 11.8. The molecular formula is C12H24O32S9. The summed E-state index contributed by atoms with van der Waals surface area (Å²) >= 11 is -21.2. The normalized spacial score (nSPS) is 27.5. The van der Waals surface area contributed by atoms with Gasteiger partial charge in [-0.3, -0.25) is 66.1 Å².